The highest BCUT2D eigenvalue weighted by Gasteiger charge is 2.10. The maximum atomic E-state index is 13.3. The van der Waals surface area contributed by atoms with E-state index in [9.17, 15) is 4.39 Å². The third-order valence-electron chi connectivity index (χ3n) is 1.65. The summed E-state index contributed by atoms with van der Waals surface area (Å²) in [6.07, 6.45) is 0. The van der Waals surface area contributed by atoms with E-state index in [0.29, 0.717) is 15.5 Å². The van der Waals surface area contributed by atoms with Crippen molar-refractivity contribution in [3.63, 3.8) is 0 Å². The molecule has 80 valence electrons. The molecule has 0 aliphatic heterocycles. The monoisotopic (exact) mass is 229 g/mol. The van der Waals surface area contributed by atoms with Crippen LogP contribution in [0.25, 0.3) is 10.3 Å². The third kappa shape index (κ3) is 1.97. The highest BCUT2D eigenvalue weighted by Crippen LogP contribution is 2.26. The second-order valence-corrected chi connectivity index (χ2v) is 3.73. The highest BCUT2D eigenvalue weighted by molar-refractivity contribution is 7.21. The first-order chi connectivity index (χ1) is 7.20. The van der Waals surface area contributed by atoms with Crippen molar-refractivity contribution < 1.29 is 14.2 Å². The molecular weight excluding hydrogens is 221 g/mol. The molecule has 0 spiro atoms. The number of halogens is 1. The predicted molar refractivity (Wildman–Crippen MR) is 54.4 cm³/mol. The molecule has 0 radical (unpaired) electrons. The number of aliphatic hydroxyl groups excluding tert-OH is 1. The zero-order valence-electron chi connectivity index (χ0n) is 7.61. The maximum Gasteiger partial charge on any atom is 0.252 e. The van der Waals surface area contributed by atoms with Gasteiger partial charge in [-0.3, -0.25) is 0 Å². The molecule has 0 amide bonds. The smallest absolute Gasteiger partial charge is 0.252 e. The van der Waals surface area contributed by atoms with Crippen LogP contribution in [0.5, 0.6) is 5.88 Å². The fourth-order valence-corrected chi connectivity index (χ4v) is 1.77. The van der Waals surface area contributed by atoms with Gasteiger partial charge >= 0.3 is 0 Å². The number of ether oxygens (including phenoxy) is 1. The Morgan fingerprint density at radius 2 is 2.33 bits per heavy atom. The van der Waals surface area contributed by atoms with Crippen molar-refractivity contribution in [2.75, 3.05) is 18.9 Å². The summed E-state index contributed by atoms with van der Waals surface area (Å²) in [6.45, 7) is -0.187. The number of aliphatic hydroxyl groups is 1. The lowest BCUT2D eigenvalue weighted by atomic mass is 10.4. The highest BCUT2D eigenvalue weighted by atomic mass is 32.1. The first-order valence-electron chi connectivity index (χ1n) is 4.17. The fourth-order valence-electron chi connectivity index (χ4n) is 1.09. The second-order valence-electron chi connectivity index (χ2n) is 2.72. The molecule has 15 heavy (non-hydrogen) atoms. The number of pyridine rings is 1. The van der Waals surface area contributed by atoms with Gasteiger partial charge in [0.15, 0.2) is 10.9 Å². The van der Waals surface area contributed by atoms with Gasteiger partial charge in [0.25, 0.3) is 5.88 Å². The molecule has 0 saturated carbocycles. The molecule has 3 N–H and O–H groups in total. The lowest BCUT2D eigenvalue weighted by Gasteiger charge is -2.03. The van der Waals surface area contributed by atoms with Crippen LogP contribution in [0.4, 0.5) is 9.52 Å². The van der Waals surface area contributed by atoms with Crippen LogP contribution >= 0.6 is 11.3 Å². The Hall–Kier alpha value is -1.47. The van der Waals surface area contributed by atoms with Crippen LogP contribution in [-0.2, 0) is 0 Å². The molecule has 2 rings (SSSR count). The standard InChI is InChI=1S/C8H8FN3O2S/c9-4-3-5-7(15-8(10)11-5)12-6(4)14-2-1-13/h3,13H,1-2H2,(H2,10,11). The van der Waals surface area contributed by atoms with E-state index in [1.165, 1.54) is 6.07 Å². The molecular formula is C8H8FN3O2S. The van der Waals surface area contributed by atoms with Gasteiger partial charge in [-0.15, -0.1) is 0 Å². The van der Waals surface area contributed by atoms with E-state index in [1.54, 1.807) is 0 Å². The van der Waals surface area contributed by atoms with E-state index >= 15 is 0 Å². The molecule has 0 bridgehead atoms. The summed E-state index contributed by atoms with van der Waals surface area (Å²) in [7, 11) is 0. The van der Waals surface area contributed by atoms with Crippen molar-refractivity contribution >= 4 is 26.8 Å². The van der Waals surface area contributed by atoms with Gasteiger partial charge in [0.2, 0.25) is 0 Å². The summed E-state index contributed by atoms with van der Waals surface area (Å²) in [5, 5.41) is 8.86. The van der Waals surface area contributed by atoms with Crippen LogP contribution in [0.3, 0.4) is 0 Å². The predicted octanol–water partition coefficient (Wildman–Crippen LogP) is 0.784. The van der Waals surface area contributed by atoms with E-state index in [2.05, 4.69) is 9.97 Å². The number of thiazole rings is 1. The molecule has 2 aromatic heterocycles. The summed E-state index contributed by atoms with van der Waals surface area (Å²) in [5.41, 5.74) is 5.86. The van der Waals surface area contributed by atoms with Gasteiger partial charge in [-0.05, 0) is 0 Å². The minimum atomic E-state index is -0.610. The summed E-state index contributed by atoms with van der Waals surface area (Å²) in [5.74, 6) is -0.749. The minimum Gasteiger partial charge on any atom is -0.473 e. The number of nitrogens with two attached hydrogens (primary N) is 1. The molecule has 0 aliphatic carbocycles. The Labute approximate surface area is 88.3 Å². The first kappa shape index (κ1) is 10.1. The van der Waals surface area contributed by atoms with Gasteiger partial charge in [0.1, 0.15) is 17.0 Å². The fraction of sp³-hybridized carbons (Fsp3) is 0.250. The SMILES string of the molecule is Nc1nc2cc(F)c(OCCO)nc2s1. The maximum absolute atomic E-state index is 13.3. The average Bonchev–Trinajstić information content (AvgIpc) is 2.53. The van der Waals surface area contributed by atoms with Crippen LogP contribution in [0, 0.1) is 5.82 Å². The van der Waals surface area contributed by atoms with E-state index in [0.717, 1.165) is 11.3 Å². The average molecular weight is 229 g/mol. The molecule has 0 aromatic carbocycles. The molecule has 0 atom stereocenters. The quantitative estimate of drug-likeness (QED) is 0.813. The Kier molecular flexibility index (Phi) is 2.65. The molecule has 0 aliphatic rings. The molecule has 5 nitrogen and oxygen atoms in total. The van der Waals surface area contributed by atoms with E-state index in [4.69, 9.17) is 15.6 Å². The van der Waals surface area contributed by atoms with Crippen LogP contribution < -0.4 is 10.5 Å². The lowest BCUT2D eigenvalue weighted by Crippen LogP contribution is -2.04. The number of nitrogen functional groups attached to an aromatic ring is 1. The number of hydrogen-bond acceptors (Lipinski definition) is 6. The lowest BCUT2D eigenvalue weighted by molar-refractivity contribution is 0.191. The van der Waals surface area contributed by atoms with Crippen molar-refractivity contribution in [2.45, 2.75) is 0 Å². The zero-order valence-corrected chi connectivity index (χ0v) is 8.42. The largest absolute Gasteiger partial charge is 0.473 e. The Balaban J connectivity index is 2.42. The molecule has 0 unspecified atom stereocenters. The Morgan fingerprint density at radius 3 is 3.07 bits per heavy atom. The molecule has 0 fully saturated rings. The number of hydrogen-bond donors (Lipinski definition) is 2. The first-order valence-corrected chi connectivity index (χ1v) is 4.98. The summed E-state index contributed by atoms with van der Waals surface area (Å²) < 4.78 is 18.2. The van der Waals surface area contributed by atoms with Crippen molar-refractivity contribution in [1.29, 1.82) is 0 Å². The van der Waals surface area contributed by atoms with Gasteiger partial charge < -0.3 is 15.6 Å². The van der Waals surface area contributed by atoms with Crippen LogP contribution in [0.2, 0.25) is 0 Å². The molecule has 0 saturated heterocycles. The van der Waals surface area contributed by atoms with Gasteiger partial charge in [-0.2, -0.15) is 4.98 Å². The normalized spacial score (nSPS) is 10.8. The van der Waals surface area contributed by atoms with Gasteiger partial charge in [0.05, 0.1) is 6.61 Å². The van der Waals surface area contributed by atoms with E-state index in [-0.39, 0.29) is 19.1 Å². The molecule has 2 heterocycles. The zero-order chi connectivity index (χ0) is 10.8. The van der Waals surface area contributed by atoms with Crippen LogP contribution in [-0.4, -0.2) is 28.3 Å². The Morgan fingerprint density at radius 1 is 1.53 bits per heavy atom. The summed E-state index contributed by atoms with van der Waals surface area (Å²) in [4.78, 5) is 8.30. The van der Waals surface area contributed by atoms with Crippen molar-refractivity contribution in [1.82, 2.24) is 9.97 Å². The number of rotatable bonds is 3. The van der Waals surface area contributed by atoms with Gasteiger partial charge in [-0.25, -0.2) is 9.37 Å². The van der Waals surface area contributed by atoms with Crippen molar-refractivity contribution in [3.05, 3.63) is 11.9 Å². The van der Waals surface area contributed by atoms with Crippen LogP contribution in [0.15, 0.2) is 6.07 Å². The Bertz CT molecular complexity index is 488. The van der Waals surface area contributed by atoms with Crippen LogP contribution in [0.1, 0.15) is 0 Å². The molecule has 2 aromatic rings. The molecule has 7 heteroatoms. The van der Waals surface area contributed by atoms with Crippen molar-refractivity contribution in [2.24, 2.45) is 0 Å². The summed E-state index contributed by atoms with van der Waals surface area (Å²) >= 11 is 1.15. The second kappa shape index (κ2) is 3.95. The van der Waals surface area contributed by atoms with Gasteiger partial charge in [0, 0.05) is 6.07 Å². The number of aromatic nitrogens is 2. The topological polar surface area (TPSA) is 81.3 Å². The minimum absolute atomic E-state index is 0.00368. The van der Waals surface area contributed by atoms with Crippen molar-refractivity contribution in [3.8, 4) is 5.88 Å². The number of fused-ring (bicyclic) bond motifs is 1. The summed E-state index contributed by atoms with van der Waals surface area (Å²) in [6, 6.07) is 1.21. The van der Waals surface area contributed by atoms with E-state index < -0.39 is 5.82 Å². The third-order valence-corrected chi connectivity index (χ3v) is 2.45. The van der Waals surface area contributed by atoms with E-state index in [1.807, 2.05) is 0 Å². The number of anilines is 1. The van der Waals surface area contributed by atoms with Gasteiger partial charge in [-0.1, -0.05) is 11.3 Å². The number of nitrogens with zero attached hydrogens (tertiary/aromatic N) is 2.